The van der Waals surface area contributed by atoms with Crippen LogP contribution in [-0.2, 0) is 17.5 Å². The normalized spacial score (nSPS) is 11.5. The van der Waals surface area contributed by atoms with Crippen LogP contribution in [0.25, 0.3) is 0 Å². The Hall–Kier alpha value is -2.49. The van der Waals surface area contributed by atoms with E-state index in [2.05, 4.69) is 5.10 Å². The molecule has 0 bridgehead atoms. The highest BCUT2D eigenvalue weighted by Gasteiger charge is 2.38. The summed E-state index contributed by atoms with van der Waals surface area (Å²) >= 11 is 5.73. The number of rotatable bonds is 8. The molecule has 2 aromatic rings. The van der Waals surface area contributed by atoms with Gasteiger partial charge in [-0.05, 0) is 26.0 Å². The number of aromatic nitrogens is 2. The lowest BCUT2D eigenvalue weighted by atomic mass is 10.2. The molecule has 0 saturated carbocycles. The summed E-state index contributed by atoms with van der Waals surface area (Å²) in [5.41, 5.74) is -0.629. The lowest BCUT2D eigenvalue weighted by Crippen LogP contribution is -2.39. The second-order valence-corrected chi connectivity index (χ2v) is 6.99. The third kappa shape index (κ3) is 5.35. The number of carbonyl (C=O) groups excluding carboxylic acids is 1. The Bertz CT molecular complexity index is 901. The summed E-state index contributed by atoms with van der Waals surface area (Å²) in [6.45, 7) is 3.72. The van der Waals surface area contributed by atoms with Gasteiger partial charge in [0.25, 0.3) is 0 Å². The molecule has 6 nitrogen and oxygen atoms in total. The molecule has 1 heterocycles. The van der Waals surface area contributed by atoms with Crippen LogP contribution in [0, 0.1) is 12.7 Å². The second-order valence-electron chi connectivity index (χ2n) is 6.61. The highest BCUT2D eigenvalue weighted by atomic mass is 35.5. The van der Waals surface area contributed by atoms with Gasteiger partial charge in [-0.1, -0.05) is 11.6 Å². The Morgan fingerprint density at radius 1 is 1.30 bits per heavy atom. The van der Waals surface area contributed by atoms with Gasteiger partial charge in [-0.25, -0.2) is 4.39 Å². The number of alkyl halides is 3. The molecule has 0 radical (unpaired) electrons. The van der Waals surface area contributed by atoms with E-state index in [1.807, 2.05) is 0 Å². The molecule has 30 heavy (non-hydrogen) atoms. The van der Waals surface area contributed by atoms with Crippen molar-refractivity contribution in [1.82, 2.24) is 14.7 Å². The summed E-state index contributed by atoms with van der Waals surface area (Å²) in [6, 6.07) is 4.11. The number of likely N-dealkylation sites (N-methyl/N-ethyl adjacent to an activating group) is 2. The van der Waals surface area contributed by atoms with Crippen molar-refractivity contribution in [2.45, 2.75) is 26.6 Å². The molecule has 1 aromatic carbocycles. The summed E-state index contributed by atoms with van der Waals surface area (Å²) < 4.78 is 58.7. The zero-order chi connectivity index (χ0) is 22.6. The van der Waals surface area contributed by atoms with Gasteiger partial charge in [0, 0.05) is 32.7 Å². The van der Waals surface area contributed by atoms with E-state index in [1.165, 1.54) is 37.1 Å². The minimum atomic E-state index is -4.70. The number of nitrogens with zero attached hydrogens (tertiary/aromatic N) is 4. The molecular weight excluding hydrogens is 428 g/mol. The molecule has 0 N–H and O–H groups in total. The first kappa shape index (κ1) is 23.8. The Kier molecular flexibility index (Phi) is 7.57. The number of halogens is 5. The zero-order valence-electron chi connectivity index (χ0n) is 17.1. The summed E-state index contributed by atoms with van der Waals surface area (Å²) in [5.74, 6) is -0.351. The number of ether oxygens (including phenoxy) is 1. The van der Waals surface area contributed by atoms with Crippen LogP contribution >= 0.6 is 11.6 Å². The monoisotopic (exact) mass is 450 g/mol. The van der Waals surface area contributed by atoms with Crippen molar-refractivity contribution in [2.24, 2.45) is 0 Å². The minimum absolute atomic E-state index is 0.0648. The van der Waals surface area contributed by atoms with Crippen LogP contribution in [0.3, 0.4) is 0 Å². The summed E-state index contributed by atoms with van der Waals surface area (Å²) in [7, 11) is 3.20. The Morgan fingerprint density at radius 3 is 2.50 bits per heavy atom. The molecule has 0 unspecified atom stereocenters. The molecule has 0 fully saturated rings. The molecule has 0 atom stereocenters. The smallest absolute Gasteiger partial charge is 0.436 e. The molecule has 2 rings (SSSR count). The lowest BCUT2D eigenvalue weighted by molar-refractivity contribution is -0.142. The van der Waals surface area contributed by atoms with Crippen LogP contribution in [0.1, 0.15) is 18.3 Å². The number of hydrogen-bond donors (Lipinski definition) is 0. The van der Waals surface area contributed by atoms with Crippen molar-refractivity contribution in [3.05, 3.63) is 40.4 Å². The maximum Gasteiger partial charge on any atom is 0.436 e. The Morgan fingerprint density at radius 2 is 1.97 bits per heavy atom. The largest absolute Gasteiger partial charge is 0.495 e. The molecule has 0 aliphatic heterocycles. The number of anilines is 1. The van der Waals surface area contributed by atoms with Gasteiger partial charge in [-0.2, -0.15) is 18.3 Å². The van der Waals surface area contributed by atoms with Crippen LogP contribution in [-0.4, -0.2) is 54.4 Å². The molecule has 0 aliphatic rings. The van der Waals surface area contributed by atoms with Gasteiger partial charge in [0.05, 0.1) is 23.5 Å². The van der Waals surface area contributed by atoms with E-state index in [9.17, 15) is 22.4 Å². The first-order chi connectivity index (χ1) is 14.0. The molecule has 1 amide bonds. The summed E-state index contributed by atoms with van der Waals surface area (Å²) in [5, 5.41) is 2.94. The maximum atomic E-state index is 13.6. The number of benzene rings is 1. The molecular formula is C19H23ClF4N4O2. The third-order valence-electron chi connectivity index (χ3n) is 4.68. The van der Waals surface area contributed by atoms with Gasteiger partial charge in [0.2, 0.25) is 5.91 Å². The Balaban J connectivity index is 2.08. The van der Waals surface area contributed by atoms with Crippen molar-refractivity contribution < 1.29 is 27.1 Å². The van der Waals surface area contributed by atoms with E-state index in [0.29, 0.717) is 24.5 Å². The van der Waals surface area contributed by atoms with Crippen molar-refractivity contribution in [1.29, 1.82) is 0 Å². The predicted octanol–water partition coefficient (Wildman–Crippen LogP) is 4.00. The van der Waals surface area contributed by atoms with Crippen LogP contribution in [0.4, 0.5) is 23.2 Å². The average Bonchev–Trinajstić information content (AvgIpc) is 2.96. The van der Waals surface area contributed by atoms with Gasteiger partial charge in [-0.15, -0.1) is 0 Å². The summed E-state index contributed by atoms with van der Waals surface area (Å²) in [4.78, 5) is 15.8. The van der Waals surface area contributed by atoms with Crippen LogP contribution < -0.4 is 9.64 Å². The second kappa shape index (κ2) is 9.55. The third-order valence-corrected chi connectivity index (χ3v) is 5.13. The fourth-order valence-corrected chi connectivity index (χ4v) is 3.14. The molecule has 0 spiro atoms. The van der Waals surface area contributed by atoms with Gasteiger partial charge in [0.15, 0.2) is 5.69 Å². The average molecular weight is 451 g/mol. The number of carbonyl (C=O) groups is 1. The fraction of sp³-hybridized carbons (Fsp3) is 0.474. The standard InChI is InChI=1S/C19H23ClF4N4O2/c1-5-27(9-8-26(3)14-10-13(21)6-7-15(14)30-4)16(29)11-28-12(2)17(20)18(25-28)19(22,23)24/h6-7,10H,5,8-9,11H2,1-4H3. The van der Waals surface area contributed by atoms with Crippen molar-refractivity contribution >= 4 is 23.2 Å². The van der Waals surface area contributed by atoms with Gasteiger partial charge in [-0.3, -0.25) is 9.48 Å². The van der Waals surface area contributed by atoms with Gasteiger partial charge in [0.1, 0.15) is 18.1 Å². The van der Waals surface area contributed by atoms with Crippen LogP contribution in [0.15, 0.2) is 18.2 Å². The van der Waals surface area contributed by atoms with E-state index < -0.39 is 28.6 Å². The van der Waals surface area contributed by atoms with E-state index >= 15 is 0 Å². The van der Waals surface area contributed by atoms with Gasteiger partial charge < -0.3 is 14.5 Å². The van der Waals surface area contributed by atoms with Crippen LogP contribution in [0.5, 0.6) is 5.75 Å². The maximum absolute atomic E-state index is 13.6. The first-order valence-corrected chi connectivity index (χ1v) is 9.49. The molecule has 1 aromatic heterocycles. The predicted molar refractivity (Wildman–Crippen MR) is 105 cm³/mol. The Labute approximate surface area is 177 Å². The summed E-state index contributed by atoms with van der Waals surface area (Å²) in [6.07, 6.45) is -4.70. The van der Waals surface area contributed by atoms with E-state index in [4.69, 9.17) is 16.3 Å². The van der Waals surface area contributed by atoms with E-state index in [1.54, 1.807) is 18.9 Å². The molecule has 0 saturated heterocycles. The van der Waals surface area contributed by atoms with Crippen molar-refractivity contribution in [3.8, 4) is 5.75 Å². The SMILES string of the molecule is CCN(CCN(C)c1cc(F)ccc1OC)C(=O)Cn1nc(C(F)(F)F)c(Cl)c1C. The molecule has 166 valence electrons. The molecule has 0 aliphatic carbocycles. The zero-order valence-corrected chi connectivity index (χ0v) is 17.8. The van der Waals surface area contributed by atoms with Crippen LogP contribution in [0.2, 0.25) is 5.02 Å². The number of amides is 1. The van der Waals surface area contributed by atoms with Gasteiger partial charge >= 0.3 is 6.18 Å². The minimum Gasteiger partial charge on any atom is -0.495 e. The topological polar surface area (TPSA) is 50.6 Å². The highest BCUT2D eigenvalue weighted by molar-refractivity contribution is 6.32. The number of hydrogen-bond acceptors (Lipinski definition) is 4. The lowest BCUT2D eigenvalue weighted by Gasteiger charge is -2.27. The first-order valence-electron chi connectivity index (χ1n) is 9.12. The van der Waals surface area contributed by atoms with E-state index in [-0.39, 0.29) is 18.8 Å². The van der Waals surface area contributed by atoms with Crippen molar-refractivity contribution in [2.75, 3.05) is 38.7 Å². The number of methoxy groups -OCH3 is 1. The molecule has 11 heteroatoms. The van der Waals surface area contributed by atoms with Crippen molar-refractivity contribution in [3.63, 3.8) is 0 Å². The van der Waals surface area contributed by atoms with E-state index in [0.717, 1.165) is 4.68 Å². The fourth-order valence-electron chi connectivity index (χ4n) is 2.90. The highest BCUT2D eigenvalue weighted by Crippen LogP contribution is 2.35. The quantitative estimate of drug-likeness (QED) is 0.570.